The number of likely N-dealkylation sites (tertiary alicyclic amines) is 1. The number of hydrogen-bond acceptors (Lipinski definition) is 3. The quantitative estimate of drug-likeness (QED) is 0.782. The highest BCUT2D eigenvalue weighted by atomic mass is 32.2. The van der Waals surface area contributed by atoms with Crippen molar-refractivity contribution in [2.45, 2.75) is 32.2 Å². The van der Waals surface area contributed by atoms with Crippen LogP contribution in [0.15, 0.2) is 24.3 Å². The lowest BCUT2D eigenvalue weighted by atomic mass is 10.1. The van der Waals surface area contributed by atoms with Crippen LogP contribution >= 0.6 is 11.8 Å². The molecule has 0 amide bonds. The first-order chi connectivity index (χ1) is 11.4. The molecule has 0 atom stereocenters. The van der Waals surface area contributed by atoms with Crippen LogP contribution in [0.1, 0.15) is 36.8 Å². The second kappa shape index (κ2) is 9.37. The summed E-state index contributed by atoms with van der Waals surface area (Å²) in [7, 11) is 0. The summed E-state index contributed by atoms with van der Waals surface area (Å²) in [5, 5.41) is 0. The number of benzene rings is 1. The van der Waals surface area contributed by atoms with Crippen LogP contribution in [0.5, 0.6) is 0 Å². The first-order valence-corrected chi connectivity index (χ1v) is 10.2. The molecule has 0 bridgehead atoms. The molecule has 1 aromatic carbocycles. The molecule has 2 aliphatic heterocycles. The van der Waals surface area contributed by atoms with Crippen LogP contribution in [-0.2, 0) is 6.54 Å². The van der Waals surface area contributed by atoms with E-state index < -0.39 is 0 Å². The van der Waals surface area contributed by atoms with Gasteiger partial charge in [-0.15, -0.1) is 0 Å². The molecule has 0 radical (unpaired) electrons. The van der Waals surface area contributed by atoms with Crippen molar-refractivity contribution >= 4 is 11.8 Å². The summed E-state index contributed by atoms with van der Waals surface area (Å²) >= 11 is 2.07. The molecule has 124 valence electrons. The Morgan fingerprint density at radius 2 is 1.78 bits per heavy atom. The van der Waals surface area contributed by atoms with Crippen molar-refractivity contribution in [2.24, 2.45) is 0 Å². The Hall–Kier alpha value is -0.950. The van der Waals surface area contributed by atoms with Crippen LogP contribution in [0, 0.1) is 11.8 Å². The largest absolute Gasteiger partial charge is 0.302 e. The molecule has 2 nitrogen and oxygen atoms in total. The van der Waals surface area contributed by atoms with E-state index in [1.807, 2.05) is 0 Å². The zero-order chi connectivity index (χ0) is 15.7. The van der Waals surface area contributed by atoms with E-state index in [-0.39, 0.29) is 0 Å². The SMILES string of the molecule is C(#Cc1cccc(CN2CCSCC2)c1)CCN1CCCCC1. The van der Waals surface area contributed by atoms with Crippen molar-refractivity contribution in [3.63, 3.8) is 0 Å². The lowest BCUT2D eigenvalue weighted by molar-refractivity contribution is 0.234. The van der Waals surface area contributed by atoms with Gasteiger partial charge >= 0.3 is 0 Å². The molecule has 3 rings (SSSR count). The summed E-state index contributed by atoms with van der Waals surface area (Å²) < 4.78 is 0. The minimum absolute atomic E-state index is 0.994. The van der Waals surface area contributed by atoms with Gasteiger partial charge in [0.2, 0.25) is 0 Å². The molecule has 1 aromatic rings. The second-order valence-corrected chi connectivity index (χ2v) is 7.77. The van der Waals surface area contributed by atoms with Gasteiger partial charge in [-0.05, 0) is 43.6 Å². The van der Waals surface area contributed by atoms with Gasteiger partial charge in [-0.25, -0.2) is 0 Å². The highest BCUT2D eigenvalue weighted by molar-refractivity contribution is 7.99. The van der Waals surface area contributed by atoms with E-state index in [4.69, 9.17) is 0 Å². The van der Waals surface area contributed by atoms with E-state index in [1.54, 1.807) is 0 Å². The van der Waals surface area contributed by atoms with Crippen LogP contribution < -0.4 is 0 Å². The highest BCUT2D eigenvalue weighted by Gasteiger charge is 2.10. The Labute approximate surface area is 145 Å². The summed E-state index contributed by atoms with van der Waals surface area (Å²) in [5.74, 6) is 9.28. The molecule has 23 heavy (non-hydrogen) atoms. The molecular formula is C20H28N2S. The van der Waals surface area contributed by atoms with E-state index in [0.717, 1.165) is 19.5 Å². The standard InChI is InChI=1S/C20H28N2S/c1-3-10-21(11-4-1)12-5-2-7-19-8-6-9-20(17-19)18-22-13-15-23-16-14-22/h6,8-9,17H,1,3-5,10-16,18H2. The van der Waals surface area contributed by atoms with Gasteiger partial charge < -0.3 is 4.90 Å². The van der Waals surface area contributed by atoms with Gasteiger partial charge in [-0.1, -0.05) is 30.4 Å². The Kier molecular flexibility index (Phi) is 6.88. The average Bonchev–Trinajstić information content (AvgIpc) is 2.61. The summed E-state index contributed by atoms with van der Waals surface area (Å²) in [5.41, 5.74) is 2.58. The van der Waals surface area contributed by atoms with Gasteiger partial charge in [0.15, 0.2) is 0 Å². The van der Waals surface area contributed by atoms with E-state index >= 15 is 0 Å². The molecular weight excluding hydrogens is 300 g/mol. The van der Waals surface area contributed by atoms with Gasteiger partial charge in [0.05, 0.1) is 0 Å². The molecule has 2 heterocycles. The van der Waals surface area contributed by atoms with Crippen LogP contribution in [0.4, 0.5) is 0 Å². The van der Waals surface area contributed by atoms with Crippen molar-refractivity contribution in [3.8, 4) is 11.8 Å². The number of rotatable bonds is 4. The predicted molar refractivity (Wildman–Crippen MR) is 101 cm³/mol. The molecule has 0 N–H and O–H groups in total. The molecule has 0 aromatic heterocycles. The van der Waals surface area contributed by atoms with E-state index in [0.29, 0.717) is 0 Å². The maximum Gasteiger partial charge on any atom is 0.0248 e. The topological polar surface area (TPSA) is 6.48 Å². The zero-order valence-corrected chi connectivity index (χ0v) is 14.9. The smallest absolute Gasteiger partial charge is 0.0248 e. The van der Waals surface area contributed by atoms with Crippen molar-refractivity contribution in [2.75, 3.05) is 44.2 Å². The number of thioether (sulfide) groups is 1. The molecule has 0 saturated carbocycles. The van der Waals surface area contributed by atoms with Crippen LogP contribution in [0.25, 0.3) is 0 Å². The lowest BCUT2D eigenvalue weighted by Crippen LogP contribution is -2.31. The fourth-order valence-corrected chi connectivity index (χ4v) is 4.31. The third kappa shape index (κ3) is 5.88. The fraction of sp³-hybridized carbons (Fsp3) is 0.600. The maximum absolute atomic E-state index is 3.37. The Morgan fingerprint density at radius 3 is 2.61 bits per heavy atom. The molecule has 0 aliphatic carbocycles. The normalized spacial score (nSPS) is 20.0. The van der Waals surface area contributed by atoms with Crippen molar-refractivity contribution in [3.05, 3.63) is 35.4 Å². The van der Waals surface area contributed by atoms with Crippen LogP contribution in [-0.4, -0.2) is 54.0 Å². The zero-order valence-electron chi connectivity index (χ0n) is 14.1. The average molecular weight is 329 g/mol. The van der Waals surface area contributed by atoms with Gasteiger partial charge in [0.25, 0.3) is 0 Å². The first kappa shape index (κ1) is 16.9. The van der Waals surface area contributed by atoms with Crippen LogP contribution in [0.3, 0.4) is 0 Å². The summed E-state index contributed by atoms with van der Waals surface area (Å²) in [4.78, 5) is 5.11. The molecule has 0 unspecified atom stereocenters. The van der Waals surface area contributed by atoms with Crippen molar-refractivity contribution in [1.82, 2.24) is 9.80 Å². The fourth-order valence-electron chi connectivity index (χ4n) is 3.33. The summed E-state index contributed by atoms with van der Waals surface area (Å²) in [6.07, 6.45) is 5.13. The van der Waals surface area contributed by atoms with Crippen LogP contribution in [0.2, 0.25) is 0 Å². The Bertz CT molecular complexity index is 534. The monoisotopic (exact) mass is 328 g/mol. The third-order valence-electron chi connectivity index (χ3n) is 4.67. The second-order valence-electron chi connectivity index (χ2n) is 6.54. The summed E-state index contributed by atoms with van der Waals surface area (Å²) in [6.45, 7) is 7.19. The van der Waals surface area contributed by atoms with Gasteiger partial charge in [-0.2, -0.15) is 11.8 Å². The van der Waals surface area contributed by atoms with E-state index in [9.17, 15) is 0 Å². The summed E-state index contributed by atoms with van der Waals surface area (Å²) in [6, 6.07) is 8.81. The van der Waals surface area contributed by atoms with Gasteiger partial charge in [-0.3, -0.25) is 4.90 Å². The molecule has 2 saturated heterocycles. The molecule has 2 aliphatic rings. The number of hydrogen-bond donors (Lipinski definition) is 0. The predicted octanol–water partition coefficient (Wildman–Crippen LogP) is 3.46. The highest BCUT2D eigenvalue weighted by Crippen LogP contribution is 2.14. The van der Waals surface area contributed by atoms with Gasteiger partial charge in [0.1, 0.15) is 0 Å². The maximum atomic E-state index is 3.37. The molecule has 3 heteroatoms. The lowest BCUT2D eigenvalue weighted by Gasteiger charge is -2.26. The first-order valence-electron chi connectivity index (χ1n) is 9.00. The number of nitrogens with zero attached hydrogens (tertiary/aromatic N) is 2. The molecule has 2 fully saturated rings. The van der Waals surface area contributed by atoms with E-state index in [2.05, 4.69) is 57.7 Å². The third-order valence-corrected chi connectivity index (χ3v) is 5.61. The minimum atomic E-state index is 0.994. The van der Waals surface area contributed by atoms with E-state index in [1.165, 1.54) is 68.1 Å². The van der Waals surface area contributed by atoms with Crippen molar-refractivity contribution in [1.29, 1.82) is 0 Å². The minimum Gasteiger partial charge on any atom is -0.302 e. The van der Waals surface area contributed by atoms with Gasteiger partial charge in [0, 0.05) is 49.7 Å². The Morgan fingerprint density at radius 1 is 0.957 bits per heavy atom. The van der Waals surface area contributed by atoms with Crippen molar-refractivity contribution < 1.29 is 0 Å². The Balaban J connectivity index is 1.48. The number of piperidine rings is 1. The molecule has 0 spiro atoms.